The summed E-state index contributed by atoms with van der Waals surface area (Å²) in [4.78, 5) is 15.3. The zero-order valence-corrected chi connectivity index (χ0v) is 9.97. The average molecular weight is 239 g/mol. The summed E-state index contributed by atoms with van der Waals surface area (Å²) in [5, 5.41) is 2.63. The van der Waals surface area contributed by atoms with Crippen LogP contribution in [0.5, 0.6) is 5.88 Å². The summed E-state index contributed by atoms with van der Waals surface area (Å²) in [5.74, 6) is 0.237. The van der Waals surface area contributed by atoms with Crippen LogP contribution >= 0.6 is 0 Å². The minimum atomic E-state index is -0.548. The highest BCUT2D eigenvalue weighted by Crippen LogP contribution is 2.11. The van der Waals surface area contributed by atoms with E-state index in [2.05, 4.69) is 10.3 Å². The maximum atomic E-state index is 11.3. The van der Waals surface area contributed by atoms with Gasteiger partial charge in [-0.25, -0.2) is 4.98 Å². The van der Waals surface area contributed by atoms with Gasteiger partial charge in [-0.05, 0) is 13.0 Å². The van der Waals surface area contributed by atoms with E-state index >= 15 is 0 Å². The largest absolute Gasteiger partial charge is 0.475 e. The number of anilines is 1. The molecule has 0 spiro atoms. The zero-order chi connectivity index (χ0) is 12.7. The maximum absolute atomic E-state index is 11.3. The Kier molecular flexibility index (Phi) is 5.38. The van der Waals surface area contributed by atoms with Crippen molar-refractivity contribution in [2.45, 2.75) is 13.0 Å². The Labute approximate surface area is 100 Å². The highest BCUT2D eigenvalue weighted by atomic mass is 16.5. The summed E-state index contributed by atoms with van der Waals surface area (Å²) in [6.45, 7) is 2.56. The molecule has 0 bridgehead atoms. The Hall–Kier alpha value is -1.66. The highest BCUT2D eigenvalue weighted by molar-refractivity contribution is 5.94. The molecule has 94 valence electrons. The molecule has 1 aromatic heterocycles. The molecule has 1 heterocycles. The molecule has 0 saturated carbocycles. The van der Waals surface area contributed by atoms with E-state index in [4.69, 9.17) is 15.2 Å². The molecule has 0 aliphatic heterocycles. The van der Waals surface area contributed by atoms with E-state index < -0.39 is 6.04 Å². The second kappa shape index (κ2) is 6.82. The van der Waals surface area contributed by atoms with E-state index in [0.717, 1.165) is 0 Å². The fourth-order valence-electron chi connectivity index (χ4n) is 1.03. The third kappa shape index (κ3) is 4.80. The van der Waals surface area contributed by atoms with Gasteiger partial charge in [0.05, 0.1) is 24.5 Å². The van der Waals surface area contributed by atoms with Gasteiger partial charge >= 0.3 is 0 Å². The molecule has 17 heavy (non-hydrogen) atoms. The van der Waals surface area contributed by atoms with Gasteiger partial charge in [-0.15, -0.1) is 0 Å². The lowest BCUT2D eigenvalue weighted by atomic mass is 10.3. The first-order valence-corrected chi connectivity index (χ1v) is 5.27. The quantitative estimate of drug-likeness (QED) is 0.701. The highest BCUT2D eigenvalue weighted by Gasteiger charge is 2.07. The number of nitrogens with zero attached hydrogens (tertiary/aromatic N) is 1. The van der Waals surface area contributed by atoms with Gasteiger partial charge < -0.3 is 20.5 Å². The van der Waals surface area contributed by atoms with E-state index in [-0.39, 0.29) is 5.91 Å². The first-order valence-electron chi connectivity index (χ1n) is 5.27. The summed E-state index contributed by atoms with van der Waals surface area (Å²) in [5.41, 5.74) is 6.01. The first-order chi connectivity index (χ1) is 8.13. The Balaban J connectivity index is 2.47. The van der Waals surface area contributed by atoms with Crippen molar-refractivity contribution in [2.24, 2.45) is 5.73 Å². The molecule has 3 N–H and O–H groups in total. The number of nitrogens with two attached hydrogens (primary N) is 1. The molecule has 1 rings (SSSR count). The fraction of sp³-hybridized carbons (Fsp3) is 0.455. The number of methoxy groups -OCH3 is 1. The van der Waals surface area contributed by atoms with E-state index in [0.29, 0.717) is 24.8 Å². The van der Waals surface area contributed by atoms with Crippen LogP contribution in [0.1, 0.15) is 6.92 Å². The second-order valence-corrected chi connectivity index (χ2v) is 3.50. The molecule has 0 unspecified atom stereocenters. The smallest absolute Gasteiger partial charge is 0.241 e. The number of hydrogen-bond acceptors (Lipinski definition) is 5. The van der Waals surface area contributed by atoms with Crippen LogP contribution < -0.4 is 15.8 Å². The molecule has 0 aliphatic rings. The summed E-state index contributed by atoms with van der Waals surface area (Å²) in [6, 6.07) is 2.83. The van der Waals surface area contributed by atoms with Crippen molar-refractivity contribution in [2.75, 3.05) is 25.6 Å². The number of pyridine rings is 1. The molecule has 0 radical (unpaired) electrons. The third-order valence-corrected chi connectivity index (χ3v) is 1.95. The number of carbonyl (C=O) groups is 1. The molecule has 1 aromatic rings. The Morgan fingerprint density at radius 3 is 2.82 bits per heavy atom. The van der Waals surface area contributed by atoms with Crippen LogP contribution in [0.3, 0.4) is 0 Å². The number of nitrogens with one attached hydrogen (secondary N) is 1. The van der Waals surface area contributed by atoms with Crippen molar-refractivity contribution < 1.29 is 14.3 Å². The van der Waals surface area contributed by atoms with Gasteiger partial charge in [0.1, 0.15) is 6.61 Å². The van der Waals surface area contributed by atoms with Gasteiger partial charge in [0, 0.05) is 13.2 Å². The lowest BCUT2D eigenvalue weighted by Gasteiger charge is -2.08. The Bertz CT molecular complexity index is 351. The normalized spacial score (nSPS) is 11.9. The standard InChI is InChI=1S/C11H17N3O3/c1-8(12)11(15)14-9-3-4-10(13-7-9)17-6-5-16-2/h3-4,7-8H,5-6,12H2,1-2H3,(H,14,15)/t8-/m0/s1. The molecule has 0 fully saturated rings. The SMILES string of the molecule is COCCOc1ccc(NC(=O)[C@H](C)N)cn1. The monoisotopic (exact) mass is 239 g/mol. The van der Waals surface area contributed by atoms with Crippen molar-refractivity contribution in [3.05, 3.63) is 18.3 Å². The van der Waals surface area contributed by atoms with Crippen LogP contribution in [0, 0.1) is 0 Å². The summed E-state index contributed by atoms with van der Waals surface area (Å²) in [6.07, 6.45) is 1.52. The summed E-state index contributed by atoms with van der Waals surface area (Å²) in [7, 11) is 1.60. The lowest BCUT2D eigenvalue weighted by Crippen LogP contribution is -2.32. The Morgan fingerprint density at radius 1 is 1.53 bits per heavy atom. The molecule has 0 aromatic carbocycles. The van der Waals surface area contributed by atoms with Gasteiger partial charge in [-0.1, -0.05) is 0 Å². The Morgan fingerprint density at radius 2 is 2.29 bits per heavy atom. The third-order valence-electron chi connectivity index (χ3n) is 1.95. The van der Waals surface area contributed by atoms with E-state index in [1.807, 2.05) is 0 Å². The van der Waals surface area contributed by atoms with Crippen molar-refractivity contribution in [3.63, 3.8) is 0 Å². The van der Waals surface area contributed by atoms with Crippen molar-refractivity contribution in [1.82, 2.24) is 4.98 Å². The minimum absolute atomic E-state index is 0.250. The summed E-state index contributed by atoms with van der Waals surface area (Å²) >= 11 is 0. The van der Waals surface area contributed by atoms with Crippen molar-refractivity contribution in [3.8, 4) is 5.88 Å². The average Bonchev–Trinajstić information content (AvgIpc) is 2.31. The number of rotatable bonds is 6. The van der Waals surface area contributed by atoms with Crippen LogP contribution in [-0.2, 0) is 9.53 Å². The second-order valence-electron chi connectivity index (χ2n) is 3.50. The fourth-order valence-corrected chi connectivity index (χ4v) is 1.03. The van der Waals surface area contributed by atoms with E-state index in [9.17, 15) is 4.79 Å². The number of ether oxygens (including phenoxy) is 2. The minimum Gasteiger partial charge on any atom is -0.475 e. The van der Waals surface area contributed by atoms with Crippen LogP contribution in [0.15, 0.2) is 18.3 Å². The topological polar surface area (TPSA) is 86.5 Å². The number of carbonyl (C=O) groups excluding carboxylic acids is 1. The van der Waals surface area contributed by atoms with Crippen molar-refractivity contribution >= 4 is 11.6 Å². The van der Waals surface area contributed by atoms with Gasteiger partial charge in [-0.3, -0.25) is 4.79 Å². The number of hydrogen-bond donors (Lipinski definition) is 2. The first kappa shape index (κ1) is 13.4. The van der Waals surface area contributed by atoms with E-state index in [1.54, 1.807) is 26.2 Å². The van der Waals surface area contributed by atoms with Gasteiger partial charge in [-0.2, -0.15) is 0 Å². The van der Waals surface area contributed by atoms with Crippen LogP contribution in [0.4, 0.5) is 5.69 Å². The number of aromatic nitrogens is 1. The molecular weight excluding hydrogens is 222 g/mol. The molecule has 6 nitrogen and oxygen atoms in total. The molecule has 6 heteroatoms. The van der Waals surface area contributed by atoms with E-state index in [1.165, 1.54) is 6.20 Å². The van der Waals surface area contributed by atoms with Crippen LogP contribution in [0.25, 0.3) is 0 Å². The van der Waals surface area contributed by atoms with Gasteiger partial charge in [0.15, 0.2) is 0 Å². The van der Waals surface area contributed by atoms with Crippen LogP contribution in [0.2, 0.25) is 0 Å². The molecule has 0 saturated heterocycles. The molecule has 1 atom stereocenters. The summed E-state index contributed by atoms with van der Waals surface area (Å²) < 4.78 is 10.1. The van der Waals surface area contributed by atoms with Gasteiger partial charge in [0.25, 0.3) is 0 Å². The number of amides is 1. The molecular formula is C11H17N3O3. The zero-order valence-electron chi connectivity index (χ0n) is 9.97. The predicted octanol–water partition coefficient (Wildman–Crippen LogP) is 0.392. The predicted molar refractivity (Wildman–Crippen MR) is 63.9 cm³/mol. The molecule has 0 aliphatic carbocycles. The lowest BCUT2D eigenvalue weighted by molar-refractivity contribution is -0.117. The van der Waals surface area contributed by atoms with Gasteiger partial charge in [0.2, 0.25) is 11.8 Å². The van der Waals surface area contributed by atoms with Crippen molar-refractivity contribution in [1.29, 1.82) is 0 Å². The maximum Gasteiger partial charge on any atom is 0.241 e. The molecule has 1 amide bonds. The van der Waals surface area contributed by atoms with Crippen LogP contribution in [-0.4, -0.2) is 37.3 Å².